The van der Waals surface area contributed by atoms with Crippen LogP contribution in [0.15, 0.2) is 0 Å². The molecule has 82 valence electrons. The van der Waals surface area contributed by atoms with Gasteiger partial charge < -0.3 is 10.1 Å². The summed E-state index contributed by atoms with van der Waals surface area (Å²) in [6, 6.07) is 0. The fourth-order valence-corrected chi connectivity index (χ4v) is 2.53. The van der Waals surface area contributed by atoms with Crippen molar-refractivity contribution in [3.05, 3.63) is 0 Å². The molecule has 15 heavy (non-hydrogen) atoms. The van der Waals surface area contributed by atoms with Crippen LogP contribution in [0.2, 0.25) is 0 Å². The molecule has 2 rings (SSSR count). The lowest BCUT2D eigenvalue weighted by molar-refractivity contribution is 0.139. The van der Waals surface area contributed by atoms with E-state index in [-0.39, 0.29) is 6.09 Å². The zero-order chi connectivity index (χ0) is 10.7. The van der Waals surface area contributed by atoms with Gasteiger partial charge in [0.1, 0.15) is 0 Å². The highest BCUT2D eigenvalue weighted by Crippen LogP contribution is 2.52. The first-order valence-corrected chi connectivity index (χ1v) is 5.63. The molecule has 1 saturated carbocycles. The minimum Gasteiger partial charge on any atom is -0.449 e. The Morgan fingerprint density at radius 3 is 2.47 bits per heavy atom. The molecule has 2 aliphatic carbocycles. The number of carbonyl (C=O) groups is 1. The second kappa shape index (κ2) is 4.57. The van der Waals surface area contributed by atoms with Crippen molar-refractivity contribution in [1.29, 1.82) is 0 Å². The molecule has 0 aromatic carbocycles. The number of fused-ring (bicyclic) bond motifs is 1. The summed E-state index contributed by atoms with van der Waals surface area (Å²) in [4.78, 5) is 10.9. The van der Waals surface area contributed by atoms with Gasteiger partial charge in [-0.25, -0.2) is 4.79 Å². The maximum atomic E-state index is 10.9. The van der Waals surface area contributed by atoms with Gasteiger partial charge in [0.2, 0.25) is 0 Å². The van der Waals surface area contributed by atoms with Crippen LogP contribution in [-0.2, 0) is 4.74 Å². The third-order valence-corrected chi connectivity index (χ3v) is 3.45. The summed E-state index contributed by atoms with van der Waals surface area (Å²) in [6.07, 6.45) is 4.07. The van der Waals surface area contributed by atoms with Crippen LogP contribution in [0.5, 0.6) is 0 Å². The first-order valence-electron chi connectivity index (χ1n) is 5.63. The van der Waals surface area contributed by atoms with Crippen LogP contribution in [0.1, 0.15) is 25.7 Å². The molecule has 1 amide bonds. The Morgan fingerprint density at radius 1 is 1.33 bits per heavy atom. The molecule has 0 aromatic rings. The van der Waals surface area contributed by atoms with Crippen molar-refractivity contribution in [3.8, 4) is 11.8 Å². The zero-order valence-electron chi connectivity index (χ0n) is 9.08. The topological polar surface area (TPSA) is 38.3 Å². The Kier molecular flexibility index (Phi) is 3.15. The average Bonchev–Trinajstić information content (AvgIpc) is 2.85. The highest BCUT2D eigenvalue weighted by molar-refractivity contribution is 5.66. The largest absolute Gasteiger partial charge is 0.449 e. The molecule has 0 heterocycles. The summed E-state index contributed by atoms with van der Waals surface area (Å²) in [5, 5.41) is 2.47. The van der Waals surface area contributed by atoms with Gasteiger partial charge >= 0.3 is 6.09 Å². The molecule has 0 aliphatic heterocycles. The number of carbonyl (C=O) groups excluding carboxylic acids is 1. The van der Waals surface area contributed by atoms with E-state index in [4.69, 9.17) is 4.74 Å². The summed E-state index contributed by atoms with van der Waals surface area (Å²) >= 11 is 0. The Labute approximate surface area is 90.6 Å². The molecule has 1 N–H and O–H groups in total. The van der Waals surface area contributed by atoms with E-state index in [0.717, 1.165) is 24.7 Å². The second-order valence-corrected chi connectivity index (χ2v) is 4.27. The number of amides is 1. The monoisotopic (exact) mass is 207 g/mol. The molecule has 0 radical (unpaired) electrons. The molecule has 2 atom stereocenters. The third-order valence-electron chi connectivity index (χ3n) is 3.45. The Balaban J connectivity index is 1.75. The lowest BCUT2D eigenvalue weighted by Crippen LogP contribution is -2.20. The zero-order valence-corrected chi connectivity index (χ0v) is 9.08. The van der Waals surface area contributed by atoms with Crippen molar-refractivity contribution in [2.24, 2.45) is 17.8 Å². The highest BCUT2D eigenvalue weighted by Gasteiger charge is 2.49. The van der Waals surface area contributed by atoms with Gasteiger partial charge in [0, 0.05) is 19.9 Å². The molecule has 3 nitrogen and oxygen atoms in total. The van der Waals surface area contributed by atoms with Crippen LogP contribution in [0.4, 0.5) is 4.79 Å². The van der Waals surface area contributed by atoms with Gasteiger partial charge in [-0.3, -0.25) is 0 Å². The predicted molar refractivity (Wildman–Crippen MR) is 57.1 cm³/mol. The first kappa shape index (κ1) is 10.4. The minimum absolute atomic E-state index is 0.314. The number of hydrogen-bond donors (Lipinski definition) is 1. The van der Waals surface area contributed by atoms with Gasteiger partial charge in [-0.2, -0.15) is 0 Å². The standard InChI is InChI=1S/C12H17NO2/c1-13-12(14)15-8-11-9-6-4-2-3-5-7-10(9)11/h9-11H,4-8H2,1H3,(H,13,14). The van der Waals surface area contributed by atoms with Gasteiger partial charge in [-0.15, -0.1) is 11.8 Å². The molecule has 0 bridgehead atoms. The van der Waals surface area contributed by atoms with Gasteiger partial charge in [0.15, 0.2) is 0 Å². The number of hydrogen-bond acceptors (Lipinski definition) is 2. The number of nitrogens with one attached hydrogen (secondary N) is 1. The van der Waals surface area contributed by atoms with Crippen molar-refractivity contribution < 1.29 is 9.53 Å². The van der Waals surface area contributed by atoms with Crippen LogP contribution in [0, 0.1) is 29.6 Å². The number of rotatable bonds is 2. The van der Waals surface area contributed by atoms with E-state index < -0.39 is 0 Å². The van der Waals surface area contributed by atoms with E-state index in [9.17, 15) is 4.79 Å². The van der Waals surface area contributed by atoms with E-state index in [2.05, 4.69) is 17.2 Å². The summed E-state index contributed by atoms with van der Waals surface area (Å²) in [5.74, 6) is 8.44. The third kappa shape index (κ3) is 2.44. The van der Waals surface area contributed by atoms with Crippen LogP contribution in [-0.4, -0.2) is 19.7 Å². The van der Waals surface area contributed by atoms with Crippen molar-refractivity contribution in [3.63, 3.8) is 0 Å². The van der Waals surface area contributed by atoms with E-state index in [1.165, 1.54) is 12.8 Å². The van der Waals surface area contributed by atoms with E-state index in [1.807, 2.05) is 0 Å². The highest BCUT2D eigenvalue weighted by atomic mass is 16.5. The average molecular weight is 207 g/mol. The van der Waals surface area contributed by atoms with Crippen LogP contribution >= 0.6 is 0 Å². The maximum absolute atomic E-state index is 10.9. The Hall–Kier alpha value is -1.17. The molecule has 2 unspecified atom stereocenters. The van der Waals surface area contributed by atoms with Crippen LogP contribution < -0.4 is 5.32 Å². The maximum Gasteiger partial charge on any atom is 0.406 e. The van der Waals surface area contributed by atoms with Crippen molar-refractivity contribution in [2.45, 2.75) is 25.7 Å². The van der Waals surface area contributed by atoms with Crippen LogP contribution in [0.25, 0.3) is 0 Å². The summed E-state index contributed by atoms with van der Waals surface area (Å²) in [5.41, 5.74) is 0. The summed E-state index contributed by atoms with van der Waals surface area (Å²) < 4.78 is 5.10. The van der Waals surface area contributed by atoms with Gasteiger partial charge in [-0.1, -0.05) is 0 Å². The van der Waals surface area contributed by atoms with E-state index in [0.29, 0.717) is 12.5 Å². The normalized spacial score (nSPS) is 32.5. The number of ether oxygens (including phenoxy) is 1. The first-order chi connectivity index (χ1) is 7.33. The molecular formula is C12H17NO2. The fourth-order valence-electron chi connectivity index (χ4n) is 2.53. The van der Waals surface area contributed by atoms with Crippen molar-refractivity contribution in [2.75, 3.05) is 13.7 Å². The van der Waals surface area contributed by atoms with E-state index >= 15 is 0 Å². The van der Waals surface area contributed by atoms with Crippen LogP contribution in [0.3, 0.4) is 0 Å². The molecule has 1 fully saturated rings. The molecule has 0 spiro atoms. The lowest BCUT2D eigenvalue weighted by atomic mass is 10.1. The van der Waals surface area contributed by atoms with Gasteiger partial charge in [0.25, 0.3) is 0 Å². The molecule has 0 aromatic heterocycles. The summed E-state index contributed by atoms with van der Waals surface area (Å²) in [6.45, 7) is 0.578. The van der Waals surface area contributed by atoms with Gasteiger partial charge in [-0.05, 0) is 30.6 Å². The molecule has 0 saturated heterocycles. The quantitative estimate of drug-likeness (QED) is 0.701. The fraction of sp³-hybridized carbons (Fsp3) is 0.750. The minimum atomic E-state index is -0.314. The predicted octanol–water partition coefficient (Wildman–Crippen LogP) is 1.78. The SMILES string of the molecule is CNC(=O)OCC1C2CCC#CCCC21. The molecule has 2 aliphatic rings. The Morgan fingerprint density at radius 2 is 1.93 bits per heavy atom. The summed E-state index contributed by atoms with van der Waals surface area (Å²) in [7, 11) is 1.59. The second-order valence-electron chi connectivity index (χ2n) is 4.27. The van der Waals surface area contributed by atoms with Gasteiger partial charge in [0.05, 0.1) is 6.61 Å². The van der Waals surface area contributed by atoms with Crippen molar-refractivity contribution >= 4 is 6.09 Å². The Bertz CT molecular complexity index is 284. The lowest BCUT2D eigenvalue weighted by Gasteiger charge is -2.02. The molecule has 3 heteroatoms. The van der Waals surface area contributed by atoms with Crippen molar-refractivity contribution in [1.82, 2.24) is 5.32 Å². The number of alkyl carbamates (subject to hydrolysis) is 1. The smallest absolute Gasteiger partial charge is 0.406 e. The van der Waals surface area contributed by atoms with E-state index in [1.54, 1.807) is 7.05 Å². The molecular weight excluding hydrogens is 190 g/mol.